The molecule has 0 aliphatic carbocycles. The summed E-state index contributed by atoms with van der Waals surface area (Å²) in [7, 11) is 0. The van der Waals surface area contributed by atoms with E-state index in [1.165, 1.54) is 45.2 Å². The second kappa shape index (κ2) is 6.88. The number of rotatable bonds is 6. The van der Waals surface area contributed by atoms with Gasteiger partial charge in [0.25, 0.3) is 0 Å². The van der Waals surface area contributed by atoms with Gasteiger partial charge >= 0.3 is 0 Å². The zero-order chi connectivity index (χ0) is 12.8. The number of likely N-dealkylation sites (tertiary alicyclic amines) is 1. The molecule has 1 atom stereocenters. The maximum Gasteiger partial charge on any atom is 0.181 e. The minimum atomic E-state index is -0.249. The van der Waals surface area contributed by atoms with Crippen LogP contribution >= 0.6 is 0 Å². The average Bonchev–Trinajstić information content (AvgIpc) is 2.82. The Morgan fingerprint density at radius 3 is 2.67 bits per heavy atom. The Kier molecular flexibility index (Phi) is 5.46. The van der Waals surface area contributed by atoms with Crippen molar-refractivity contribution in [2.24, 2.45) is 5.92 Å². The van der Waals surface area contributed by atoms with Crippen LogP contribution in [0.5, 0.6) is 0 Å². The first-order chi connectivity index (χ1) is 8.78. The molecule has 0 aromatic rings. The molecule has 0 radical (unpaired) electrons. The molecule has 1 spiro atoms. The Morgan fingerprint density at radius 2 is 2.00 bits per heavy atom. The predicted molar refractivity (Wildman–Crippen MR) is 73.6 cm³/mol. The van der Waals surface area contributed by atoms with E-state index in [0.29, 0.717) is 0 Å². The Balaban J connectivity index is 1.80. The zero-order valence-corrected chi connectivity index (χ0v) is 12.1. The van der Waals surface area contributed by atoms with Crippen molar-refractivity contribution < 1.29 is 9.47 Å². The molecule has 2 saturated heterocycles. The fraction of sp³-hybridized carbons (Fsp3) is 1.00. The molecule has 0 N–H and O–H groups in total. The van der Waals surface area contributed by atoms with Crippen LogP contribution < -0.4 is 0 Å². The van der Waals surface area contributed by atoms with Gasteiger partial charge in [0.2, 0.25) is 0 Å². The van der Waals surface area contributed by atoms with Crippen molar-refractivity contribution in [2.45, 2.75) is 58.2 Å². The van der Waals surface area contributed by atoms with E-state index in [1.54, 1.807) is 0 Å². The predicted octanol–water partition coefficient (Wildman–Crippen LogP) is 3.04. The molecular weight excluding hydrogens is 226 g/mol. The zero-order valence-electron chi connectivity index (χ0n) is 12.1. The van der Waals surface area contributed by atoms with Crippen molar-refractivity contribution in [1.82, 2.24) is 4.90 Å². The van der Waals surface area contributed by atoms with Gasteiger partial charge in [0, 0.05) is 13.0 Å². The highest BCUT2D eigenvalue weighted by Gasteiger charge is 2.40. The average molecular weight is 255 g/mol. The Bertz CT molecular complexity index is 239. The second-order valence-electron chi connectivity index (χ2n) is 5.86. The highest BCUT2D eigenvalue weighted by molar-refractivity contribution is 4.84. The van der Waals surface area contributed by atoms with Crippen LogP contribution in [0.15, 0.2) is 0 Å². The maximum absolute atomic E-state index is 5.84. The van der Waals surface area contributed by atoms with Crippen LogP contribution in [0.2, 0.25) is 0 Å². The van der Waals surface area contributed by atoms with Crippen LogP contribution in [0.25, 0.3) is 0 Å². The summed E-state index contributed by atoms with van der Waals surface area (Å²) in [5.74, 6) is 0.600. The fourth-order valence-electron chi connectivity index (χ4n) is 3.24. The minimum Gasteiger partial charge on any atom is -0.346 e. The van der Waals surface area contributed by atoms with E-state index in [-0.39, 0.29) is 5.79 Å². The van der Waals surface area contributed by atoms with Crippen LogP contribution in [0.4, 0.5) is 0 Å². The summed E-state index contributed by atoms with van der Waals surface area (Å²) < 4.78 is 11.7. The van der Waals surface area contributed by atoms with Gasteiger partial charge in [0.05, 0.1) is 19.8 Å². The Morgan fingerprint density at radius 1 is 1.22 bits per heavy atom. The molecule has 3 nitrogen and oxygen atoms in total. The van der Waals surface area contributed by atoms with Gasteiger partial charge in [-0.2, -0.15) is 0 Å². The number of piperidine rings is 1. The molecule has 0 aromatic carbocycles. The summed E-state index contributed by atoms with van der Waals surface area (Å²) >= 11 is 0. The normalized spacial score (nSPS) is 25.7. The van der Waals surface area contributed by atoms with Crippen LogP contribution in [-0.2, 0) is 9.47 Å². The smallest absolute Gasteiger partial charge is 0.181 e. The first kappa shape index (κ1) is 14.3. The van der Waals surface area contributed by atoms with Crippen molar-refractivity contribution in [3.63, 3.8) is 0 Å². The highest BCUT2D eigenvalue weighted by atomic mass is 16.7. The third kappa shape index (κ3) is 3.69. The fourth-order valence-corrected chi connectivity index (χ4v) is 3.24. The first-order valence-electron chi connectivity index (χ1n) is 7.78. The molecule has 2 fully saturated rings. The van der Waals surface area contributed by atoms with Gasteiger partial charge in [-0.3, -0.25) is 4.90 Å². The molecule has 0 amide bonds. The summed E-state index contributed by atoms with van der Waals surface area (Å²) in [5.41, 5.74) is 0. The van der Waals surface area contributed by atoms with Gasteiger partial charge in [-0.1, -0.05) is 33.1 Å². The molecule has 0 aromatic heterocycles. The molecule has 106 valence electrons. The van der Waals surface area contributed by atoms with Crippen molar-refractivity contribution in [3.8, 4) is 0 Å². The first-order valence-corrected chi connectivity index (χ1v) is 7.78. The molecule has 2 aliphatic heterocycles. The van der Waals surface area contributed by atoms with Gasteiger partial charge in [0.15, 0.2) is 5.79 Å². The molecule has 0 bridgehead atoms. The van der Waals surface area contributed by atoms with Crippen LogP contribution in [0, 0.1) is 5.92 Å². The third-order valence-electron chi connectivity index (χ3n) is 4.37. The number of hydrogen-bond donors (Lipinski definition) is 0. The van der Waals surface area contributed by atoms with Gasteiger partial charge < -0.3 is 9.47 Å². The SMILES string of the molecule is CCCCC(CC)CN1CCCC2(C1)OCCO2. The lowest BCUT2D eigenvalue weighted by Gasteiger charge is -2.39. The lowest BCUT2D eigenvalue weighted by atomic mass is 9.96. The van der Waals surface area contributed by atoms with E-state index < -0.39 is 0 Å². The van der Waals surface area contributed by atoms with Gasteiger partial charge in [-0.15, -0.1) is 0 Å². The summed E-state index contributed by atoms with van der Waals surface area (Å²) in [6, 6.07) is 0. The number of hydrogen-bond acceptors (Lipinski definition) is 3. The van der Waals surface area contributed by atoms with Gasteiger partial charge in [0.1, 0.15) is 0 Å². The van der Waals surface area contributed by atoms with E-state index in [4.69, 9.17) is 9.47 Å². The number of unbranched alkanes of at least 4 members (excludes halogenated alkanes) is 1. The molecule has 2 rings (SSSR count). The molecule has 0 saturated carbocycles. The molecule has 1 unspecified atom stereocenters. The van der Waals surface area contributed by atoms with E-state index in [1.807, 2.05) is 0 Å². The van der Waals surface area contributed by atoms with Crippen LogP contribution in [0.1, 0.15) is 52.4 Å². The van der Waals surface area contributed by atoms with Gasteiger partial charge in [-0.05, 0) is 25.3 Å². The van der Waals surface area contributed by atoms with Crippen LogP contribution in [-0.4, -0.2) is 43.5 Å². The third-order valence-corrected chi connectivity index (χ3v) is 4.37. The number of nitrogens with zero attached hydrogens (tertiary/aromatic N) is 1. The monoisotopic (exact) mass is 255 g/mol. The van der Waals surface area contributed by atoms with E-state index in [0.717, 1.165) is 32.1 Å². The molecule has 3 heteroatoms. The lowest BCUT2D eigenvalue weighted by Crippen LogP contribution is -2.50. The summed E-state index contributed by atoms with van der Waals surface area (Å²) in [6.07, 6.45) is 7.64. The Hall–Kier alpha value is -0.120. The highest BCUT2D eigenvalue weighted by Crippen LogP contribution is 2.30. The van der Waals surface area contributed by atoms with Gasteiger partial charge in [-0.25, -0.2) is 0 Å². The summed E-state index contributed by atoms with van der Waals surface area (Å²) in [6.45, 7) is 9.59. The molecule has 18 heavy (non-hydrogen) atoms. The Labute approximate surface area is 112 Å². The van der Waals surface area contributed by atoms with Crippen molar-refractivity contribution in [1.29, 1.82) is 0 Å². The topological polar surface area (TPSA) is 21.7 Å². The number of ether oxygens (including phenoxy) is 2. The largest absolute Gasteiger partial charge is 0.346 e. The van der Waals surface area contributed by atoms with Crippen molar-refractivity contribution >= 4 is 0 Å². The molecular formula is C15H29NO2. The summed E-state index contributed by atoms with van der Waals surface area (Å²) in [5, 5.41) is 0. The van der Waals surface area contributed by atoms with E-state index in [9.17, 15) is 0 Å². The maximum atomic E-state index is 5.84. The summed E-state index contributed by atoms with van der Waals surface area (Å²) in [4.78, 5) is 2.57. The minimum absolute atomic E-state index is 0.249. The van der Waals surface area contributed by atoms with Crippen molar-refractivity contribution in [3.05, 3.63) is 0 Å². The van der Waals surface area contributed by atoms with E-state index >= 15 is 0 Å². The van der Waals surface area contributed by atoms with Crippen molar-refractivity contribution in [2.75, 3.05) is 32.8 Å². The quantitative estimate of drug-likeness (QED) is 0.728. The van der Waals surface area contributed by atoms with Crippen LogP contribution in [0.3, 0.4) is 0 Å². The molecule has 2 aliphatic rings. The lowest BCUT2D eigenvalue weighted by molar-refractivity contribution is -0.190. The second-order valence-corrected chi connectivity index (χ2v) is 5.86. The standard InChI is InChI=1S/C15H29NO2/c1-3-5-7-14(4-2)12-16-9-6-8-15(13-16)17-10-11-18-15/h14H,3-13H2,1-2H3. The van der Waals surface area contributed by atoms with E-state index in [2.05, 4.69) is 18.7 Å². The molecule has 2 heterocycles.